The van der Waals surface area contributed by atoms with E-state index in [1.807, 2.05) is 0 Å². The van der Waals surface area contributed by atoms with Gasteiger partial charge in [0.05, 0.1) is 6.54 Å². The van der Waals surface area contributed by atoms with Crippen LogP contribution in [0.4, 0.5) is 30.7 Å². The molecule has 98 valence electrons. The Labute approximate surface area is 90.2 Å². The molecule has 0 spiro atoms. The Morgan fingerprint density at radius 3 is 1.82 bits per heavy atom. The van der Waals surface area contributed by atoms with Crippen LogP contribution in [-0.2, 0) is 0 Å². The van der Waals surface area contributed by atoms with Gasteiger partial charge in [0.15, 0.2) is 0 Å². The number of alkyl halides is 7. The van der Waals surface area contributed by atoms with Crippen LogP contribution in [0.2, 0.25) is 0 Å². The molecule has 1 rings (SSSR count). The first-order valence-electron chi connectivity index (χ1n) is 4.16. The van der Waals surface area contributed by atoms with Crippen LogP contribution in [0.15, 0.2) is 9.98 Å². The van der Waals surface area contributed by atoms with Gasteiger partial charge < -0.3 is 5.73 Å². The maximum Gasteiger partial charge on any atom is 0.437 e. The first-order chi connectivity index (χ1) is 7.50. The maximum atomic E-state index is 13.3. The van der Waals surface area contributed by atoms with E-state index in [0.29, 0.717) is 0 Å². The first kappa shape index (κ1) is 13.9. The van der Waals surface area contributed by atoms with Crippen molar-refractivity contribution >= 4 is 11.9 Å². The van der Waals surface area contributed by atoms with E-state index < -0.39 is 36.4 Å². The summed E-state index contributed by atoms with van der Waals surface area (Å²) >= 11 is 0. The van der Waals surface area contributed by atoms with Crippen LogP contribution < -0.4 is 5.73 Å². The maximum absolute atomic E-state index is 13.3. The van der Waals surface area contributed by atoms with Crippen LogP contribution in [0.25, 0.3) is 0 Å². The van der Waals surface area contributed by atoms with Gasteiger partial charge in [-0.2, -0.15) is 26.3 Å². The van der Waals surface area contributed by atoms with E-state index in [1.54, 1.807) is 0 Å². The van der Waals surface area contributed by atoms with Gasteiger partial charge in [-0.3, -0.25) is 9.98 Å². The molecule has 17 heavy (non-hydrogen) atoms. The fourth-order valence-electron chi connectivity index (χ4n) is 1.10. The van der Waals surface area contributed by atoms with Crippen molar-refractivity contribution in [1.82, 2.24) is 0 Å². The number of nitrogens with zero attached hydrogens (tertiary/aromatic N) is 2. The zero-order chi connectivity index (χ0) is 13.5. The molecule has 1 atom stereocenters. The highest BCUT2D eigenvalue weighted by atomic mass is 19.4. The lowest BCUT2D eigenvalue weighted by molar-refractivity contribution is -0.312. The normalized spacial score (nSPS) is 22.6. The Hall–Kier alpha value is -1.19. The van der Waals surface area contributed by atoms with Gasteiger partial charge in [0.25, 0.3) is 0 Å². The average molecular weight is 265 g/mol. The molecule has 0 aromatic carbocycles. The van der Waals surface area contributed by atoms with E-state index in [2.05, 4.69) is 9.98 Å². The number of rotatable bonds is 1. The first-order valence-corrected chi connectivity index (χ1v) is 4.16. The third kappa shape index (κ3) is 2.26. The van der Waals surface area contributed by atoms with E-state index in [-0.39, 0.29) is 6.21 Å². The molecule has 0 saturated carbocycles. The molecule has 10 heteroatoms. The summed E-state index contributed by atoms with van der Waals surface area (Å²) in [6, 6.07) is 0. The molecule has 1 aliphatic heterocycles. The van der Waals surface area contributed by atoms with Gasteiger partial charge in [0.2, 0.25) is 0 Å². The van der Waals surface area contributed by atoms with Crippen molar-refractivity contribution in [3.05, 3.63) is 0 Å². The Balaban J connectivity index is 3.24. The molecule has 0 aliphatic carbocycles. The smallest absolute Gasteiger partial charge is 0.308 e. The zero-order valence-corrected chi connectivity index (χ0v) is 7.98. The molecule has 0 bridgehead atoms. The third-order valence-corrected chi connectivity index (χ3v) is 1.97. The van der Waals surface area contributed by atoms with Crippen molar-refractivity contribution in [2.45, 2.75) is 24.2 Å². The van der Waals surface area contributed by atoms with Crippen molar-refractivity contribution in [3.8, 4) is 0 Å². The topological polar surface area (TPSA) is 50.7 Å². The molecule has 0 aromatic heterocycles. The van der Waals surface area contributed by atoms with Crippen LogP contribution in [0, 0.1) is 0 Å². The van der Waals surface area contributed by atoms with E-state index in [1.165, 1.54) is 0 Å². The largest absolute Gasteiger partial charge is 0.437 e. The van der Waals surface area contributed by atoms with Crippen LogP contribution in [0.3, 0.4) is 0 Å². The monoisotopic (exact) mass is 265 g/mol. The lowest BCUT2D eigenvalue weighted by Gasteiger charge is -2.30. The summed E-state index contributed by atoms with van der Waals surface area (Å²) in [6.45, 7) is -0.635. The standard InChI is InChI=1S/C7H6F7N3/c8-5(6(9,10)11,7(12,13)14)3-1-17-4(15)2-16-3/h1,4H,2,15H2. The highest BCUT2D eigenvalue weighted by molar-refractivity contribution is 6.35. The summed E-state index contributed by atoms with van der Waals surface area (Å²) in [5.41, 5.74) is -2.29. The Morgan fingerprint density at radius 2 is 1.53 bits per heavy atom. The quantitative estimate of drug-likeness (QED) is 0.720. The molecule has 0 radical (unpaired) electrons. The molecule has 3 nitrogen and oxygen atoms in total. The van der Waals surface area contributed by atoms with Crippen molar-refractivity contribution in [3.63, 3.8) is 0 Å². The Bertz CT molecular complexity index is 339. The average Bonchev–Trinajstić information content (AvgIpc) is 2.14. The van der Waals surface area contributed by atoms with Crippen molar-refractivity contribution < 1.29 is 30.7 Å². The van der Waals surface area contributed by atoms with Crippen LogP contribution in [-0.4, -0.2) is 42.7 Å². The van der Waals surface area contributed by atoms with Gasteiger partial charge in [0, 0.05) is 6.21 Å². The van der Waals surface area contributed by atoms with Crippen LogP contribution in [0.5, 0.6) is 0 Å². The molecular formula is C7H6F7N3. The van der Waals surface area contributed by atoms with Crippen molar-refractivity contribution in [1.29, 1.82) is 0 Å². The predicted molar refractivity (Wildman–Crippen MR) is 44.7 cm³/mol. The molecule has 1 heterocycles. The molecule has 0 aromatic rings. The van der Waals surface area contributed by atoms with Gasteiger partial charge in [-0.15, -0.1) is 0 Å². The molecule has 2 N–H and O–H groups in total. The molecule has 0 fully saturated rings. The fraction of sp³-hybridized carbons (Fsp3) is 0.714. The summed E-state index contributed by atoms with van der Waals surface area (Å²) in [5, 5.41) is 0. The lowest BCUT2D eigenvalue weighted by atomic mass is 9.98. The van der Waals surface area contributed by atoms with Crippen molar-refractivity contribution in [2.24, 2.45) is 15.7 Å². The summed E-state index contributed by atoms with van der Waals surface area (Å²) < 4.78 is 86.6. The second kappa shape index (κ2) is 3.93. The minimum atomic E-state index is -6.17. The minimum absolute atomic E-state index is 0.0646. The number of hydrogen-bond donors (Lipinski definition) is 1. The van der Waals surface area contributed by atoms with E-state index in [0.717, 1.165) is 0 Å². The summed E-state index contributed by atoms with van der Waals surface area (Å²) in [7, 11) is 0. The zero-order valence-electron chi connectivity index (χ0n) is 7.98. The van der Waals surface area contributed by atoms with E-state index in [9.17, 15) is 30.7 Å². The molecule has 1 aliphatic rings. The Kier molecular flexibility index (Phi) is 3.21. The Morgan fingerprint density at radius 1 is 1.06 bits per heavy atom. The van der Waals surface area contributed by atoms with E-state index >= 15 is 0 Å². The van der Waals surface area contributed by atoms with Gasteiger partial charge >= 0.3 is 18.0 Å². The fourth-order valence-corrected chi connectivity index (χ4v) is 1.10. The molecule has 0 saturated heterocycles. The third-order valence-electron chi connectivity index (χ3n) is 1.97. The highest BCUT2D eigenvalue weighted by Crippen LogP contribution is 2.47. The minimum Gasteiger partial charge on any atom is -0.308 e. The van der Waals surface area contributed by atoms with Crippen molar-refractivity contribution in [2.75, 3.05) is 6.54 Å². The molecule has 0 amide bonds. The van der Waals surface area contributed by atoms with Gasteiger partial charge in [0.1, 0.15) is 11.9 Å². The number of hydrogen-bond acceptors (Lipinski definition) is 3. The summed E-state index contributed by atoms with van der Waals surface area (Å²) in [4.78, 5) is 5.93. The molecule has 1 unspecified atom stereocenters. The number of aliphatic imine (C=N–C) groups is 2. The van der Waals surface area contributed by atoms with Crippen LogP contribution in [0.1, 0.15) is 0 Å². The number of halogens is 7. The van der Waals surface area contributed by atoms with Gasteiger partial charge in [-0.05, 0) is 0 Å². The number of nitrogens with two attached hydrogens (primary N) is 1. The predicted octanol–water partition coefficient (Wildman–Crippen LogP) is 1.63. The summed E-state index contributed by atoms with van der Waals surface area (Å²) in [6.07, 6.45) is -13.3. The molecular weight excluding hydrogens is 259 g/mol. The highest BCUT2D eigenvalue weighted by Gasteiger charge is 2.75. The lowest BCUT2D eigenvalue weighted by Crippen LogP contribution is -2.60. The summed E-state index contributed by atoms with van der Waals surface area (Å²) in [5.74, 6) is 0. The van der Waals surface area contributed by atoms with Gasteiger partial charge in [-0.1, -0.05) is 0 Å². The second-order valence-electron chi connectivity index (χ2n) is 3.23. The van der Waals surface area contributed by atoms with E-state index in [4.69, 9.17) is 5.73 Å². The SMILES string of the molecule is NC1CN=C(C(F)(C(F)(F)F)C(F)(F)F)C=N1. The van der Waals surface area contributed by atoms with Gasteiger partial charge in [-0.25, -0.2) is 4.39 Å². The second-order valence-corrected chi connectivity index (χ2v) is 3.23. The van der Waals surface area contributed by atoms with Crippen LogP contribution >= 0.6 is 0 Å².